The van der Waals surface area contributed by atoms with Gasteiger partial charge in [0.1, 0.15) is 23.7 Å². The van der Waals surface area contributed by atoms with Crippen LogP contribution in [0.3, 0.4) is 0 Å². The summed E-state index contributed by atoms with van der Waals surface area (Å²) in [6.07, 6.45) is 9.28. The fourth-order valence-corrected chi connectivity index (χ4v) is 4.73. The first-order valence-electron chi connectivity index (χ1n) is 12.0. The second-order valence-electron chi connectivity index (χ2n) is 8.79. The van der Waals surface area contributed by atoms with E-state index in [1.54, 1.807) is 48.3 Å². The predicted octanol–water partition coefficient (Wildman–Crippen LogP) is 3.92. The fourth-order valence-electron chi connectivity index (χ4n) is 4.73. The van der Waals surface area contributed by atoms with Gasteiger partial charge in [-0.1, -0.05) is 30.9 Å². The number of pyridine rings is 1. The number of rotatable bonds is 9. The first kappa shape index (κ1) is 24.1. The van der Waals surface area contributed by atoms with Crippen molar-refractivity contribution in [1.29, 1.82) is 0 Å². The maximum Gasteiger partial charge on any atom is 0.295 e. The zero-order valence-corrected chi connectivity index (χ0v) is 20.4. The van der Waals surface area contributed by atoms with Gasteiger partial charge in [0.15, 0.2) is 5.76 Å². The lowest BCUT2D eigenvalue weighted by Crippen LogP contribution is -2.31. The van der Waals surface area contributed by atoms with Crippen molar-refractivity contribution in [3.8, 4) is 5.75 Å². The molecule has 1 N–H and O–H groups in total. The molecule has 1 atom stereocenters. The van der Waals surface area contributed by atoms with Gasteiger partial charge in [-0.15, -0.1) is 0 Å². The lowest BCUT2D eigenvalue weighted by molar-refractivity contribution is -0.139. The van der Waals surface area contributed by atoms with Gasteiger partial charge in [0, 0.05) is 31.7 Å². The van der Waals surface area contributed by atoms with Crippen molar-refractivity contribution in [3.05, 3.63) is 103 Å². The van der Waals surface area contributed by atoms with Crippen molar-refractivity contribution in [2.75, 3.05) is 13.2 Å². The second-order valence-corrected chi connectivity index (χ2v) is 8.79. The van der Waals surface area contributed by atoms with Crippen molar-refractivity contribution >= 4 is 23.1 Å². The smallest absolute Gasteiger partial charge is 0.295 e. The molecule has 4 heterocycles. The van der Waals surface area contributed by atoms with Crippen LogP contribution in [0.15, 0.2) is 85.6 Å². The van der Waals surface area contributed by atoms with Crippen molar-refractivity contribution in [3.63, 3.8) is 0 Å². The number of aromatic nitrogens is 4. The molecule has 1 unspecified atom stereocenters. The number of fused-ring (bicyclic) bond motifs is 1. The molecule has 4 aromatic rings. The molecule has 9 nitrogen and oxygen atoms in total. The standard InChI is InChI=1S/C28H27N5O4/c1-3-17-37-21-10-8-20(9-11-21)25-23(26(34)24-19(2)30-22-7-4-5-14-32(22)24)27(35)28(36)33(25)15-6-13-31-16-12-29-18-31/h3-5,7-12,14,16,18,25,34H,1,6,13,15,17H2,2H3. The number of nitrogens with zero attached hydrogens (tertiary/aromatic N) is 5. The van der Waals surface area contributed by atoms with E-state index in [0.717, 1.165) is 0 Å². The molecule has 1 aliphatic heterocycles. The van der Waals surface area contributed by atoms with Gasteiger partial charge in [-0.2, -0.15) is 0 Å². The van der Waals surface area contributed by atoms with E-state index < -0.39 is 17.7 Å². The summed E-state index contributed by atoms with van der Waals surface area (Å²) in [4.78, 5) is 36.8. The molecule has 1 fully saturated rings. The van der Waals surface area contributed by atoms with Crippen LogP contribution >= 0.6 is 0 Å². The van der Waals surface area contributed by atoms with Crippen LogP contribution in [0.4, 0.5) is 0 Å². The summed E-state index contributed by atoms with van der Waals surface area (Å²) < 4.78 is 9.24. The molecule has 0 saturated carbocycles. The zero-order chi connectivity index (χ0) is 25.9. The molecular weight excluding hydrogens is 470 g/mol. The Labute approximate surface area is 214 Å². The van der Waals surface area contributed by atoms with Crippen molar-refractivity contribution in [2.45, 2.75) is 25.9 Å². The number of ether oxygens (including phenoxy) is 1. The molecule has 5 rings (SSSR count). The van der Waals surface area contributed by atoms with E-state index in [1.165, 1.54) is 4.90 Å². The lowest BCUT2D eigenvalue weighted by Gasteiger charge is -2.25. The largest absolute Gasteiger partial charge is 0.505 e. The molecule has 0 aliphatic carbocycles. The monoisotopic (exact) mass is 497 g/mol. The Hall–Kier alpha value is -4.66. The molecule has 1 amide bonds. The molecule has 0 radical (unpaired) electrons. The van der Waals surface area contributed by atoms with Gasteiger partial charge in [0.05, 0.1) is 23.6 Å². The van der Waals surface area contributed by atoms with Crippen LogP contribution in [-0.2, 0) is 16.1 Å². The minimum atomic E-state index is -0.759. The average Bonchev–Trinajstić information content (AvgIpc) is 3.60. The topological polar surface area (TPSA) is 102 Å². The van der Waals surface area contributed by atoms with Gasteiger partial charge in [0.25, 0.3) is 11.7 Å². The number of ketones is 1. The van der Waals surface area contributed by atoms with E-state index in [9.17, 15) is 14.7 Å². The SMILES string of the molecule is C=CCOc1ccc(C2C(=C(O)c3c(C)nc4ccccn34)C(=O)C(=O)N2CCCn2ccnc2)cc1. The second kappa shape index (κ2) is 10.1. The molecule has 188 valence electrons. The highest BCUT2D eigenvalue weighted by Gasteiger charge is 2.46. The van der Waals surface area contributed by atoms with Gasteiger partial charge in [-0.25, -0.2) is 9.97 Å². The first-order chi connectivity index (χ1) is 18.0. The number of aliphatic hydroxyl groups excluding tert-OH is 1. The Morgan fingerprint density at radius 3 is 2.68 bits per heavy atom. The van der Waals surface area contributed by atoms with Gasteiger partial charge in [-0.3, -0.25) is 14.0 Å². The highest BCUT2D eigenvalue weighted by molar-refractivity contribution is 6.46. The zero-order valence-electron chi connectivity index (χ0n) is 20.4. The van der Waals surface area contributed by atoms with Gasteiger partial charge in [0.2, 0.25) is 0 Å². The van der Waals surface area contributed by atoms with Crippen LogP contribution in [0, 0.1) is 6.92 Å². The number of Topliss-reactive ketones (excluding diaryl/α,β-unsaturated/α-hetero) is 1. The average molecular weight is 498 g/mol. The molecule has 1 aromatic carbocycles. The van der Waals surface area contributed by atoms with E-state index >= 15 is 0 Å². The summed E-state index contributed by atoms with van der Waals surface area (Å²) >= 11 is 0. The normalized spacial score (nSPS) is 17.0. The Bertz CT molecular complexity index is 1480. The van der Waals surface area contributed by atoms with Gasteiger partial charge in [-0.05, 0) is 43.2 Å². The minimum absolute atomic E-state index is 0.0427. The Kier molecular flexibility index (Phi) is 6.59. The van der Waals surface area contributed by atoms with Crippen LogP contribution in [0.5, 0.6) is 5.75 Å². The number of benzene rings is 1. The van der Waals surface area contributed by atoms with E-state index in [4.69, 9.17) is 4.74 Å². The van der Waals surface area contributed by atoms with Crippen LogP contribution in [0.2, 0.25) is 0 Å². The molecule has 0 bridgehead atoms. The third kappa shape index (κ3) is 4.51. The number of amides is 1. The van der Waals surface area contributed by atoms with E-state index in [0.29, 0.717) is 54.5 Å². The summed E-state index contributed by atoms with van der Waals surface area (Å²) in [5, 5.41) is 11.5. The van der Waals surface area contributed by atoms with Crippen molar-refractivity contribution in [1.82, 2.24) is 23.8 Å². The molecule has 9 heteroatoms. The molecule has 37 heavy (non-hydrogen) atoms. The molecule has 0 spiro atoms. The summed E-state index contributed by atoms with van der Waals surface area (Å²) in [6, 6.07) is 11.9. The maximum absolute atomic E-state index is 13.4. The summed E-state index contributed by atoms with van der Waals surface area (Å²) in [5.41, 5.74) is 2.32. The number of carbonyl (C=O) groups is 2. The lowest BCUT2D eigenvalue weighted by atomic mass is 9.96. The number of carbonyl (C=O) groups excluding carboxylic acids is 2. The maximum atomic E-state index is 13.4. The van der Waals surface area contributed by atoms with E-state index in [1.807, 2.05) is 41.1 Å². The molecular formula is C28H27N5O4. The summed E-state index contributed by atoms with van der Waals surface area (Å²) in [6.45, 7) is 6.75. The predicted molar refractivity (Wildman–Crippen MR) is 138 cm³/mol. The number of imidazole rings is 2. The minimum Gasteiger partial charge on any atom is -0.505 e. The van der Waals surface area contributed by atoms with E-state index in [-0.39, 0.29) is 11.3 Å². The number of aliphatic hydroxyl groups is 1. The highest BCUT2D eigenvalue weighted by atomic mass is 16.5. The van der Waals surface area contributed by atoms with Crippen LogP contribution < -0.4 is 4.74 Å². The third-order valence-electron chi connectivity index (χ3n) is 6.41. The van der Waals surface area contributed by atoms with Crippen LogP contribution in [0.25, 0.3) is 11.4 Å². The Balaban J connectivity index is 1.57. The van der Waals surface area contributed by atoms with Gasteiger partial charge < -0.3 is 19.3 Å². The summed E-state index contributed by atoms with van der Waals surface area (Å²) in [7, 11) is 0. The number of aryl methyl sites for hydroxylation is 2. The highest BCUT2D eigenvalue weighted by Crippen LogP contribution is 2.40. The van der Waals surface area contributed by atoms with Crippen LogP contribution in [0.1, 0.15) is 29.4 Å². The third-order valence-corrected chi connectivity index (χ3v) is 6.41. The first-order valence-corrected chi connectivity index (χ1v) is 12.0. The number of hydrogen-bond donors (Lipinski definition) is 1. The molecule has 1 saturated heterocycles. The summed E-state index contributed by atoms with van der Waals surface area (Å²) in [5.74, 6) is -0.972. The van der Waals surface area contributed by atoms with Crippen molar-refractivity contribution < 1.29 is 19.4 Å². The molecule has 1 aliphatic rings. The fraction of sp³-hybridized carbons (Fsp3) is 0.214. The number of likely N-dealkylation sites (tertiary alicyclic amines) is 1. The Morgan fingerprint density at radius 2 is 1.95 bits per heavy atom. The van der Waals surface area contributed by atoms with Crippen molar-refractivity contribution in [2.24, 2.45) is 0 Å². The molecule has 3 aromatic heterocycles. The van der Waals surface area contributed by atoms with E-state index in [2.05, 4.69) is 16.5 Å². The number of hydrogen-bond acceptors (Lipinski definition) is 6. The quantitative estimate of drug-likeness (QED) is 0.163. The Morgan fingerprint density at radius 1 is 1.14 bits per heavy atom. The van der Waals surface area contributed by atoms with Gasteiger partial charge >= 0.3 is 0 Å². The van der Waals surface area contributed by atoms with Crippen LogP contribution in [-0.4, -0.2) is 53.8 Å².